The first-order valence-corrected chi connectivity index (χ1v) is 10.6. The fraction of sp³-hybridized carbons (Fsp3) is 0.545. The summed E-state index contributed by atoms with van der Waals surface area (Å²) in [6, 6.07) is 3.50. The van der Waals surface area contributed by atoms with Gasteiger partial charge in [-0.3, -0.25) is 19.7 Å². The van der Waals surface area contributed by atoms with Crippen LogP contribution in [0.3, 0.4) is 0 Å². The normalized spacial score (nSPS) is 22.1. The van der Waals surface area contributed by atoms with Gasteiger partial charge in [-0.1, -0.05) is 0 Å². The van der Waals surface area contributed by atoms with E-state index in [9.17, 15) is 23.6 Å². The number of piperidine rings is 1. The molecule has 2 N–H and O–H groups in total. The number of anilines is 1. The van der Waals surface area contributed by atoms with Crippen LogP contribution < -0.4 is 15.5 Å². The molecule has 0 saturated carbocycles. The number of ether oxygens (including phenoxy) is 1. The number of rotatable bonds is 3. The Labute approximate surface area is 185 Å². The van der Waals surface area contributed by atoms with E-state index in [1.54, 1.807) is 11.0 Å². The number of imide groups is 1. The molecule has 1 unspecified atom stereocenters. The SMILES string of the molecule is CC(C)(C)OC(=O)N1CC2(C1)CN(c1ccc(C(=O)NC3CCC(=O)NC3=O)c(F)c1)C2. The highest BCUT2D eigenvalue weighted by Gasteiger charge is 2.54. The van der Waals surface area contributed by atoms with Crippen molar-refractivity contribution in [2.24, 2.45) is 5.41 Å². The molecule has 0 aliphatic carbocycles. The van der Waals surface area contributed by atoms with Crippen LogP contribution in [0, 0.1) is 11.2 Å². The molecule has 10 heteroatoms. The van der Waals surface area contributed by atoms with E-state index in [1.165, 1.54) is 12.1 Å². The lowest BCUT2D eigenvalue weighted by Gasteiger charge is -2.60. The molecule has 0 aromatic heterocycles. The quantitative estimate of drug-likeness (QED) is 0.680. The molecule has 1 aromatic carbocycles. The van der Waals surface area contributed by atoms with E-state index in [-0.39, 0.29) is 35.8 Å². The molecule has 3 aliphatic rings. The molecule has 9 nitrogen and oxygen atoms in total. The Morgan fingerprint density at radius 1 is 1.19 bits per heavy atom. The highest BCUT2D eigenvalue weighted by Crippen LogP contribution is 2.42. The molecular weight excluding hydrogens is 419 g/mol. The van der Waals surface area contributed by atoms with Crippen molar-refractivity contribution in [3.63, 3.8) is 0 Å². The second-order valence-electron chi connectivity index (χ2n) is 9.83. The second kappa shape index (κ2) is 7.75. The minimum absolute atomic E-state index is 0.00476. The van der Waals surface area contributed by atoms with Gasteiger partial charge in [0.05, 0.1) is 5.56 Å². The van der Waals surface area contributed by atoms with Gasteiger partial charge in [-0.25, -0.2) is 9.18 Å². The minimum Gasteiger partial charge on any atom is -0.444 e. The molecular formula is C22H27FN4O5. The Hall–Kier alpha value is -3.17. The molecule has 1 aromatic rings. The van der Waals surface area contributed by atoms with Gasteiger partial charge < -0.3 is 19.9 Å². The summed E-state index contributed by atoms with van der Waals surface area (Å²) >= 11 is 0. The third-order valence-corrected chi connectivity index (χ3v) is 5.86. The van der Waals surface area contributed by atoms with Crippen molar-refractivity contribution in [2.45, 2.75) is 45.3 Å². The molecule has 3 heterocycles. The number of amides is 4. The van der Waals surface area contributed by atoms with E-state index in [1.807, 2.05) is 25.7 Å². The van der Waals surface area contributed by atoms with Crippen LogP contribution in [0.1, 0.15) is 44.0 Å². The van der Waals surface area contributed by atoms with Gasteiger partial charge in [0.1, 0.15) is 17.5 Å². The highest BCUT2D eigenvalue weighted by atomic mass is 19.1. The zero-order valence-electron chi connectivity index (χ0n) is 18.4. The van der Waals surface area contributed by atoms with Crippen molar-refractivity contribution in [1.29, 1.82) is 0 Å². The van der Waals surface area contributed by atoms with Crippen molar-refractivity contribution >= 4 is 29.5 Å². The molecule has 1 atom stereocenters. The summed E-state index contributed by atoms with van der Waals surface area (Å²) in [6.07, 6.45) is -0.00841. The summed E-state index contributed by atoms with van der Waals surface area (Å²) in [5.74, 6) is -2.35. The molecule has 32 heavy (non-hydrogen) atoms. The maximum absolute atomic E-state index is 14.6. The minimum atomic E-state index is -0.860. The first-order chi connectivity index (χ1) is 14.9. The molecule has 3 saturated heterocycles. The van der Waals surface area contributed by atoms with Crippen LogP contribution in [0.15, 0.2) is 18.2 Å². The number of carbonyl (C=O) groups excluding carboxylic acids is 4. The summed E-state index contributed by atoms with van der Waals surface area (Å²) < 4.78 is 20.0. The van der Waals surface area contributed by atoms with Crippen LogP contribution in [-0.2, 0) is 14.3 Å². The number of nitrogens with zero attached hydrogens (tertiary/aromatic N) is 2. The number of hydrogen-bond donors (Lipinski definition) is 2. The predicted molar refractivity (Wildman–Crippen MR) is 112 cm³/mol. The molecule has 0 radical (unpaired) electrons. The fourth-order valence-electron chi connectivity index (χ4n) is 4.32. The van der Waals surface area contributed by atoms with Crippen LogP contribution in [0.5, 0.6) is 0 Å². The Kier molecular flexibility index (Phi) is 5.34. The summed E-state index contributed by atoms with van der Waals surface area (Å²) in [5.41, 5.74) is -0.0420. The maximum atomic E-state index is 14.6. The first-order valence-electron chi connectivity index (χ1n) is 10.6. The zero-order valence-corrected chi connectivity index (χ0v) is 18.4. The van der Waals surface area contributed by atoms with Crippen LogP contribution in [0.4, 0.5) is 14.9 Å². The maximum Gasteiger partial charge on any atom is 0.410 e. The second-order valence-corrected chi connectivity index (χ2v) is 9.83. The number of hydrogen-bond acceptors (Lipinski definition) is 6. The van der Waals surface area contributed by atoms with E-state index in [4.69, 9.17) is 4.74 Å². The van der Waals surface area contributed by atoms with Crippen molar-refractivity contribution in [3.05, 3.63) is 29.6 Å². The van der Waals surface area contributed by atoms with E-state index in [0.29, 0.717) is 31.9 Å². The summed E-state index contributed by atoms with van der Waals surface area (Å²) in [6.45, 7) is 8.07. The smallest absolute Gasteiger partial charge is 0.410 e. The van der Waals surface area contributed by atoms with Crippen molar-refractivity contribution < 1.29 is 28.3 Å². The van der Waals surface area contributed by atoms with Gasteiger partial charge in [0.25, 0.3) is 5.91 Å². The largest absolute Gasteiger partial charge is 0.444 e. The molecule has 3 aliphatic heterocycles. The molecule has 0 bridgehead atoms. The lowest BCUT2D eigenvalue weighted by molar-refractivity contribution is -0.134. The Morgan fingerprint density at radius 3 is 2.47 bits per heavy atom. The number of carbonyl (C=O) groups is 4. The molecule has 3 fully saturated rings. The Bertz CT molecular complexity index is 975. The van der Waals surface area contributed by atoms with Gasteiger partial charge in [-0.2, -0.15) is 0 Å². The van der Waals surface area contributed by atoms with Crippen molar-refractivity contribution in [1.82, 2.24) is 15.5 Å². The fourth-order valence-corrected chi connectivity index (χ4v) is 4.32. The monoisotopic (exact) mass is 446 g/mol. The third-order valence-electron chi connectivity index (χ3n) is 5.86. The molecule has 4 rings (SSSR count). The predicted octanol–water partition coefficient (Wildman–Crippen LogP) is 1.42. The van der Waals surface area contributed by atoms with Gasteiger partial charge >= 0.3 is 6.09 Å². The number of likely N-dealkylation sites (tertiary alicyclic amines) is 1. The first kappa shape index (κ1) is 22.0. The summed E-state index contributed by atoms with van der Waals surface area (Å²) in [4.78, 5) is 51.2. The topological polar surface area (TPSA) is 108 Å². The zero-order chi connectivity index (χ0) is 23.3. The Morgan fingerprint density at radius 2 is 1.88 bits per heavy atom. The lowest BCUT2D eigenvalue weighted by atomic mass is 9.73. The lowest BCUT2D eigenvalue weighted by Crippen LogP contribution is -2.73. The number of nitrogens with one attached hydrogen (secondary N) is 2. The van der Waals surface area contributed by atoms with Gasteiger partial charge in [-0.15, -0.1) is 0 Å². The van der Waals surface area contributed by atoms with Crippen LogP contribution in [-0.4, -0.2) is 66.5 Å². The van der Waals surface area contributed by atoms with Crippen molar-refractivity contribution in [3.8, 4) is 0 Å². The summed E-state index contributed by atoms with van der Waals surface area (Å²) in [7, 11) is 0. The van der Waals surface area contributed by atoms with Gasteiger partial charge in [-0.05, 0) is 45.4 Å². The van der Waals surface area contributed by atoms with Crippen LogP contribution in [0.25, 0.3) is 0 Å². The van der Waals surface area contributed by atoms with E-state index in [2.05, 4.69) is 10.6 Å². The van der Waals surface area contributed by atoms with E-state index < -0.39 is 29.3 Å². The molecule has 1 spiro atoms. The van der Waals surface area contributed by atoms with Gasteiger partial charge in [0, 0.05) is 43.7 Å². The molecule has 172 valence electrons. The van der Waals surface area contributed by atoms with E-state index >= 15 is 0 Å². The summed E-state index contributed by atoms with van der Waals surface area (Å²) in [5, 5.41) is 4.63. The Balaban J connectivity index is 1.30. The van der Waals surface area contributed by atoms with Crippen LogP contribution >= 0.6 is 0 Å². The average Bonchev–Trinajstić information content (AvgIpc) is 2.60. The number of benzene rings is 1. The van der Waals surface area contributed by atoms with Crippen molar-refractivity contribution in [2.75, 3.05) is 31.1 Å². The third kappa shape index (κ3) is 4.39. The molecule has 4 amide bonds. The van der Waals surface area contributed by atoms with Gasteiger partial charge in [0.2, 0.25) is 11.8 Å². The van der Waals surface area contributed by atoms with Gasteiger partial charge in [0.15, 0.2) is 0 Å². The van der Waals surface area contributed by atoms with E-state index in [0.717, 1.165) is 0 Å². The average molecular weight is 446 g/mol. The van der Waals surface area contributed by atoms with Crippen LogP contribution in [0.2, 0.25) is 0 Å². The highest BCUT2D eigenvalue weighted by molar-refractivity contribution is 6.03. The number of halogens is 1. The standard InChI is InChI=1S/C22H27FN4O5/c1-21(2,3)32-20(31)27-11-22(12-27)9-26(10-22)13-4-5-14(15(23)8-13)18(29)24-16-6-7-17(28)25-19(16)30/h4-5,8,16H,6-7,9-12H2,1-3H3,(H,24,29)(H,25,28,30).